The summed E-state index contributed by atoms with van der Waals surface area (Å²) < 4.78 is 1.01. The molecule has 1 heterocycles. The summed E-state index contributed by atoms with van der Waals surface area (Å²) in [6, 6.07) is 0. The van der Waals surface area contributed by atoms with Crippen molar-refractivity contribution in [2.45, 2.75) is 4.34 Å². The van der Waals surface area contributed by atoms with Crippen molar-refractivity contribution >= 4 is 23.1 Å². The maximum Gasteiger partial charge on any atom is 0.174 e. The van der Waals surface area contributed by atoms with Gasteiger partial charge in [0.15, 0.2) is 4.34 Å². The van der Waals surface area contributed by atoms with Crippen LogP contribution >= 0.6 is 23.1 Å². The third kappa shape index (κ3) is 3.50. The number of thioether (sulfide) groups is 1. The van der Waals surface area contributed by atoms with E-state index in [1.54, 1.807) is 28.6 Å². The van der Waals surface area contributed by atoms with E-state index in [1.807, 2.05) is 12.2 Å². The second kappa shape index (κ2) is 5.29. The van der Waals surface area contributed by atoms with Crippen LogP contribution < -0.4 is 5.73 Å². The number of nitrogens with zero attached hydrogens (tertiary/aromatic N) is 2. The summed E-state index contributed by atoms with van der Waals surface area (Å²) in [6.07, 6.45) is 3.97. The molecule has 0 fully saturated rings. The highest BCUT2D eigenvalue weighted by molar-refractivity contribution is 8.01. The van der Waals surface area contributed by atoms with Crippen LogP contribution in [0.25, 0.3) is 0 Å². The van der Waals surface area contributed by atoms with E-state index in [9.17, 15) is 0 Å². The molecule has 0 aliphatic heterocycles. The first-order valence-corrected chi connectivity index (χ1v) is 5.04. The lowest BCUT2D eigenvalue weighted by Gasteiger charge is -1.87. The third-order valence-electron chi connectivity index (χ3n) is 0.946. The fraction of sp³-hybridized carbons (Fsp3) is 0.333. The molecule has 0 unspecified atom stereocenters. The highest BCUT2D eigenvalue weighted by Gasteiger charge is 1.92. The average Bonchev–Trinajstić information content (AvgIpc) is 2.50. The fourth-order valence-corrected chi connectivity index (χ4v) is 1.87. The predicted octanol–water partition coefficient (Wildman–Crippen LogP) is 1.15. The second-order valence-electron chi connectivity index (χ2n) is 1.72. The molecule has 0 amide bonds. The molecular formula is C6H9N3S2. The zero-order valence-corrected chi connectivity index (χ0v) is 7.57. The van der Waals surface area contributed by atoms with Crippen molar-refractivity contribution in [3.05, 3.63) is 17.7 Å². The Morgan fingerprint density at radius 3 is 3.18 bits per heavy atom. The smallest absolute Gasteiger partial charge is 0.174 e. The maximum atomic E-state index is 5.27. The van der Waals surface area contributed by atoms with E-state index in [-0.39, 0.29) is 0 Å². The van der Waals surface area contributed by atoms with Crippen molar-refractivity contribution in [2.24, 2.45) is 5.73 Å². The molecular weight excluding hydrogens is 178 g/mol. The molecule has 60 valence electrons. The molecule has 1 rings (SSSR count). The zero-order valence-electron chi connectivity index (χ0n) is 5.93. The lowest BCUT2D eigenvalue weighted by atomic mass is 10.5. The van der Waals surface area contributed by atoms with Crippen LogP contribution in [-0.2, 0) is 0 Å². The van der Waals surface area contributed by atoms with Gasteiger partial charge in [0.05, 0.1) is 0 Å². The van der Waals surface area contributed by atoms with E-state index in [0.717, 1.165) is 10.1 Å². The summed E-state index contributed by atoms with van der Waals surface area (Å²) >= 11 is 3.23. The van der Waals surface area contributed by atoms with Crippen LogP contribution in [0.2, 0.25) is 0 Å². The predicted molar refractivity (Wildman–Crippen MR) is 48.8 cm³/mol. The summed E-state index contributed by atoms with van der Waals surface area (Å²) in [5, 5.41) is 7.60. The molecule has 11 heavy (non-hydrogen) atoms. The summed E-state index contributed by atoms with van der Waals surface area (Å²) in [7, 11) is 0. The molecule has 0 radical (unpaired) electrons. The van der Waals surface area contributed by atoms with Gasteiger partial charge in [-0.1, -0.05) is 35.3 Å². The van der Waals surface area contributed by atoms with E-state index in [0.29, 0.717) is 6.54 Å². The quantitative estimate of drug-likeness (QED) is 0.567. The van der Waals surface area contributed by atoms with E-state index in [2.05, 4.69) is 10.2 Å². The van der Waals surface area contributed by atoms with Crippen LogP contribution in [0.4, 0.5) is 0 Å². The van der Waals surface area contributed by atoms with Gasteiger partial charge in [0.2, 0.25) is 0 Å². The van der Waals surface area contributed by atoms with Crippen molar-refractivity contribution in [1.82, 2.24) is 10.2 Å². The highest BCUT2D eigenvalue weighted by Crippen LogP contribution is 2.18. The summed E-state index contributed by atoms with van der Waals surface area (Å²) in [4.78, 5) is 0. The molecule has 5 heteroatoms. The molecule has 0 saturated carbocycles. The summed E-state index contributed by atoms with van der Waals surface area (Å²) in [5.74, 6) is 0.923. The van der Waals surface area contributed by atoms with Crippen molar-refractivity contribution < 1.29 is 0 Å². The van der Waals surface area contributed by atoms with Gasteiger partial charge in [-0.2, -0.15) is 0 Å². The number of hydrogen-bond acceptors (Lipinski definition) is 5. The Kier molecular flexibility index (Phi) is 4.18. The van der Waals surface area contributed by atoms with Crippen LogP contribution in [0.1, 0.15) is 0 Å². The van der Waals surface area contributed by atoms with Crippen molar-refractivity contribution in [3.63, 3.8) is 0 Å². The average molecular weight is 187 g/mol. The maximum absolute atomic E-state index is 5.27. The molecule has 0 aliphatic rings. The van der Waals surface area contributed by atoms with Gasteiger partial charge in [-0.3, -0.25) is 0 Å². The third-order valence-corrected chi connectivity index (χ3v) is 2.76. The van der Waals surface area contributed by atoms with Gasteiger partial charge in [0.1, 0.15) is 5.51 Å². The number of aromatic nitrogens is 2. The van der Waals surface area contributed by atoms with E-state index < -0.39 is 0 Å². The molecule has 0 aliphatic carbocycles. The van der Waals surface area contributed by atoms with E-state index >= 15 is 0 Å². The summed E-state index contributed by atoms with van der Waals surface area (Å²) in [6.45, 7) is 0.608. The van der Waals surface area contributed by atoms with Gasteiger partial charge in [-0.15, -0.1) is 10.2 Å². The van der Waals surface area contributed by atoms with Crippen LogP contribution in [0.15, 0.2) is 22.0 Å². The van der Waals surface area contributed by atoms with Gasteiger partial charge in [0.25, 0.3) is 0 Å². The van der Waals surface area contributed by atoms with Crippen molar-refractivity contribution in [2.75, 3.05) is 12.3 Å². The standard InChI is InChI=1S/C6H9N3S2/c7-3-1-2-4-10-6-9-8-5-11-6/h1-2,5H,3-4,7H2. The van der Waals surface area contributed by atoms with E-state index in [4.69, 9.17) is 5.73 Å². The van der Waals surface area contributed by atoms with Crippen LogP contribution in [0.5, 0.6) is 0 Å². The first-order valence-electron chi connectivity index (χ1n) is 3.17. The molecule has 3 nitrogen and oxygen atoms in total. The van der Waals surface area contributed by atoms with Gasteiger partial charge < -0.3 is 5.73 Å². The Balaban J connectivity index is 2.19. The molecule has 0 atom stereocenters. The van der Waals surface area contributed by atoms with Crippen LogP contribution in [-0.4, -0.2) is 22.5 Å². The lowest BCUT2D eigenvalue weighted by Crippen LogP contribution is -1.92. The van der Waals surface area contributed by atoms with Gasteiger partial charge in [-0.05, 0) is 0 Å². The van der Waals surface area contributed by atoms with Crippen LogP contribution in [0, 0.1) is 0 Å². The Labute approximate surface area is 73.7 Å². The number of hydrogen-bond donors (Lipinski definition) is 1. The minimum absolute atomic E-state index is 0.608. The largest absolute Gasteiger partial charge is 0.327 e. The molecule has 1 aromatic heterocycles. The van der Waals surface area contributed by atoms with E-state index in [1.165, 1.54) is 0 Å². The minimum atomic E-state index is 0.608. The normalized spacial score (nSPS) is 11.0. The molecule has 1 aromatic rings. The fourth-order valence-electron chi connectivity index (χ4n) is 0.509. The zero-order chi connectivity index (χ0) is 7.94. The Bertz CT molecular complexity index is 208. The highest BCUT2D eigenvalue weighted by atomic mass is 32.2. The van der Waals surface area contributed by atoms with Gasteiger partial charge >= 0.3 is 0 Å². The Morgan fingerprint density at radius 2 is 2.55 bits per heavy atom. The second-order valence-corrected chi connectivity index (χ2v) is 3.82. The first kappa shape index (κ1) is 8.70. The molecule has 2 N–H and O–H groups in total. The minimum Gasteiger partial charge on any atom is -0.327 e. The summed E-state index contributed by atoms with van der Waals surface area (Å²) in [5.41, 5.74) is 7.00. The van der Waals surface area contributed by atoms with Gasteiger partial charge in [-0.25, -0.2) is 0 Å². The molecule has 0 spiro atoms. The number of rotatable bonds is 4. The first-order chi connectivity index (χ1) is 5.43. The Morgan fingerprint density at radius 1 is 1.64 bits per heavy atom. The lowest BCUT2D eigenvalue weighted by molar-refractivity contribution is 1.01. The molecule has 0 aromatic carbocycles. The van der Waals surface area contributed by atoms with Crippen LogP contribution in [0.3, 0.4) is 0 Å². The topological polar surface area (TPSA) is 51.8 Å². The molecule has 0 saturated heterocycles. The SMILES string of the molecule is NCC=CCSc1nncs1. The monoisotopic (exact) mass is 187 g/mol. The number of nitrogens with two attached hydrogens (primary N) is 1. The Hall–Kier alpha value is -0.390. The van der Waals surface area contributed by atoms with Gasteiger partial charge in [0, 0.05) is 12.3 Å². The van der Waals surface area contributed by atoms with Crippen molar-refractivity contribution in [1.29, 1.82) is 0 Å². The van der Waals surface area contributed by atoms with Crippen molar-refractivity contribution in [3.8, 4) is 0 Å². The molecule has 0 bridgehead atoms.